The Labute approximate surface area is 314 Å². The second kappa shape index (κ2) is 12.4. The molecule has 0 aliphatic heterocycles. The third-order valence-corrected chi connectivity index (χ3v) is 13.2. The van der Waals surface area contributed by atoms with E-state index in [9.17, 15) is 0 Å². The lowest BCUT2D eigenvalue weighted by atomic mass is 9.78. The molecule has 0 radical (unpaired) electrons. The van der Waals surface area contributed by atoms with E-state index in [1.165, 1.54) is 129 Å². The molecule has 9 aromatic carbocycles. The van der Waals surface area contributed by atoms with E-state index >= 15 is 0 Å². The largest absolute Gasteiger partial charge is 0.135 e. The molecule has 10 aromatic rings. The number of benzene rings is 9. The van der Waals surface area contributed by atoms with Gasteiger partial charge in [-0.05, 0) is 101 Å². The quantitative estimate of drug-likeness (QED) is 0.161. The highest BCUT2D eigenvalue weighted by Crippen LogP contribution is 2.50. The van der Waals surface area contributed by atoms with Crippen LogP contribution in [0.25, 0.3) is 96.6 Å². The summed E-state index contributed by atoms with van der Waals surface area (Å²) in [4.78, 5) is 0. The molecule has 11 rings (SSSR count). The number of fused-ring (bicyclic) bond motifs is 7. The molecule has 1 aliphatic rings. The normalized spacial score (nSPS) is 14.0. The number of thiophene rings is 1. The Kier molecular flexibility index (Phi) is 7.23. The van der Waals surface area contributed by atoms with Crippen molar-refractivity contribution in [3.05, 3.63) is 169 Å². The highest BCUT2D eigenvalue weighted by molar-refractivity contribution is 7.26. The van der Waals surface area contributed by atoms with Gasteiger partial charge in [-0.1, -0.05) is 177 Å². The average molecular weight is 695 g/mol. The van der Waals surface area contributed by atoms with Gasteiger partial charge >= 0.3 is 0 Å². The summed E-state index contributed by atoms with van der Waals surface area (Å²) in [5.41, 5.74) is 9.44. The van der Waals surface area contributed by atoms with E-state index < -0.39 is 0 Å². The van der Waals surface area contributed by atoms with Crippen LogP contribution in [0.15, 0.2) is 164 Å². The van der Waals surface area contributed by atoms with Crippen molar-refractivity contribution in [1.29, 1.82) is 0 Å². The minimum Gasteiger partial charge on any atom is -0.135 e. The van der Waals surface area contributed by atoms with Crippen LogP contribution >= 0.6 is 11.3 Å². The smallest absolute Gasteiger partial charge is 0.0434 e. The average Bonchev–Trinajstić information content (AvgIpc) is 3.61. The molecule has 0 spiro atoms. The summed E-state index contributed by atoms with van der Waals surface area (Å²) >= 11 is 1.95. The van der Waals surface area contributed by atoms with E-state index in [2.05, 4.69) is 164 Å². The maximum atomic E-state index is 2.48. The Hall–Kier alpha value is -5.76. The number of hydrogen-bond donors (Lipinski definition) is 0. The van der Waals surface area contributed by atoms with Crippen LogP contribution in [0.4, 0.5) is 0 Å². The Bertz CT molecular complexity index is 2920. The fourth-order valence-electron chi connectivity index (χ4n) is 9.79. The van der Waals surface area contributed by atoms with Crippen LogP contribution in [0.1, 0.15) is 43.6 Å². The zero-order valence-corrected chi connectivity index (χ0v) is 30.4. The van der Waals surface area contributed by atoms with Crippen LogP contribution in [0.2, 0.25) is 0 Å². The summed E-state index contributed by atoms with van der Waals surface area (Å²) < 4.78 is 2.69. The van der Waals surface area contributed by atoms with Crippen LogP contribution in [0.3, 0.4) is 0 Å². The molecule has 1 heteroatoms. The van der Waals surface area contributed by atoms with Crippen molar-refractivity contribution >= 4 is 74.6 Å². The molecule has 0 N–H and O–H groups in total. The molecule has 1 fully saturated rings. The van der Waals surface area contributed by atoms with E-state index in [1.807, 2.05) is 11.3 Å². The summed E-state index contributed by atoms with van der Waals surface area (Å²) in [6, 6.07) is 61.5. The zero-order chi connectivity index (χ0) is 34.9. The van der Waals surface area contributed by atoms with Gasteiger partial charge in [-0.3, -0.25) is 0 Å². The van der Waals surface area contributed by atoms with Crippen molar-refractivity contribution in [2.45, 2.75) is 38.0 Å². The van der Waals surface area contributed by atoms with Crippen molar-refractivity contribution < 1.29 is 0 Å². The van der Waals surface area contributed by atoms with Crippen molar-refractivity contribution in [2.75, 3.05) is 0 Å². The summed E-state index contributed by atoms with van der Waals surface area (Å²) in [6.07, 6.45) is 6.63. The van der Waals surface area contributed by atoms with E-state index in [0.717, 1.165) is 0 Å². The van der Waals surface area contributed by atoms with Gasteiger partial charge in [0.25, 0.3) is 0 Å². The van der Waals surface area contributed by atoms with Crippen molar-refractivity contribution in [2.24, 2.45) is 0 Å². The molecular weight excluding hydrogens is 657 g/mol. The van der Waals surface area contributed by atoms with Gasteiger partial charge in [0, 0.05) is 25.7 Å². The lowest BCUT2D eigenvalue weighted by Gasteiger charge is -2.26. The maximum absolute atomic E-state index is 2.48. The molecule has 0 saturated heterocycles. The molecule has 1 aromatic heterocycles. The second-order valence-corrected chi connectivity index (χ2v) is 16.0. The summed E-state index contributed by atoms with van der Waals surface area (Å²) in [5.74, 6) is 0.630. The van der Waals surface area contributed by atoms with E-state index in [1.54, 1.807) is 5.56 Å². The first-order valence-electron chi connectivity index (χ1n) is 19.2. The van der Waals surface area contributed by atoms with Gasteiger partial charge in [-0.2, -0.15) is 0 Å². The molecule has 252 valence electrons. The fourth-order valence-corrected chi connectivity index (χ4v) is 11.1. The van der Waals surface area contributed by atoms with E-state index in [-0.39, 0.29) is 0 Å². The first-order chi connectivity index (χ1) is 26.3. The first kappa shape index (κ1) is 30.8. The van der Waals surface area contributed by atoms with Crippen LogP contribution in [0, 0.1) is 0 Å². The predicted molar refractivity (Wildman–Crippen MR) is 231 cm³/mol. The van der Waals surface area contributed by atoms with E-state index in [4.69, 9.17) is 0 Å². The summed E-state index contributed by atoms with van der Waals surface area (Å²) in [5, 5.41) is 13.5. The second-order valence-electron chi connectivity index (χ2n) is 14.9. The molecule has 1 heterocycles. The minimum absolute atomic E-state index is 0.630. The van der Waals surface area contributed by atoms with Crippen molar-refractivity contribution in [3.8, 4) is 33.4 Å². The van der Waals surface area contributed by atoms with Crippen LogP contribution in [-0.2, 0) is 0 Å². The summed E-state index contributed by atoms with van der Waals surface area (Å²) in [7, 11) is 0. The van der Waals surface area contributed by atoms with Gasteiger partial charge in [-0.15, -0.1) is 11.3 Å². The lowest BCUT2D eigenvalue weighted by molar-refractivity contribution is 0.447. The van der Waals surface area contributed by atoms with Crippen LogP contribution in [0.5, 0.6) is 0 Å². The number of rotatable bonds is 4. The maximum Gasteiger partial charge on any atom is 0.0434 e. The fraction of sp³-hybridized carbons (Fsp3) is 0.115. The Morgan fingerprint density at radius 1 is 0.358 bits per heavy atom. The Balaban J connectivity index is 1.16. The molecule has 0 bridgehead atoms. The van der Waals surface area contributed by atoms with Crippen molar-refractivity contribution in [1.82, 2.24) is 0 Å². The van der Waals surface area contributed by atoms with Crippen molar-refractivity contribution in [3.63, 3.8) is 0 Å². The van der Waals surface area contributed by atoms with Gasteiger partial charge < -0.3 is 0 Å². The molecule has 0 atom stereocenters. The molecule has 0 amide bonds. The molecular formula is C52H38S. The predicted octanol–water partition coefficient (Wildman–Crippen LogP) is 15.7. The van der Waals surface area contributed by atoms with Gasteiger partial charge in [0.2, 0.25) is 0 Å². The third kappa shape index (κ3) is 4.80. The third-order valence-electron chi connectivity index (χ3n) is 12.0. The standard InChI is InChI=1S/C52H38S/c1-3-16-33(17-4-1)48-37-20-7-9-22-39(37)50(40-23-10-8-21-38(40)48)35-30-31-36-45-28-15-29-46(52(45)53-47(36)32-35)51-43-26-13-11-24-41(43)49(34-18-5-2-6-19-34)42-25-12-14-27-44(42)51/h2,5-15,18-33H,1,3-4,16-17H2. The highest BCUT2D eigenvalue weighted by Gasteiger charge is 2.24. The SMILES string of the molecule is c1ccc(-c2c3ccccc3c(-c3cccc4c3sc3cc(-c5c6ccccc6c(C6CCCCC6)c6ccccc56)ccc34)c3ccccc23)cc1. The Morgan fingerprint density at radius 3 is 1.45 bits per heavy atom. The molecule has 1 aliphatic carbocycles. The molecule has 0 nitrogen and oxygen atoms in total. The Morgan fingerprint density at radius 2 is 0.849 bits per heavy atom. The lowest BCUT2D eigenvalue weighted by Crippen LogP contribution is -2.06. The number of hydrogen-bond acceptors (Lipinski definition) is 1. The van der Waals surface area contributed by atoms with E-state index in [0.29, 0.717) is 5.92 Å². The first-order valence-corrected chi connectivity index (χ1v) is 20.0. The molecule has 53 heavy (non-hydrogen) atoms. The van der Waals surface area contributed by atoms with Gasteiger partial charge in [0.05, 0.1) is 0 Å². The molecule has 1 saturated carbocycles. The minimum atomic E-state index is 0.630. The van der Waals surface area contributed by atoms with Crippen LogP contribution < -0.4 is 0 Å². The van der Waals surface area contributed by atoms with Gasteiger partial charge in [-0.25, -0.2) is 0 Å². The topological polar surface area (TPSA) is 0 Å². The summed E-state index contributed by atoms with van der Waals surface area (Å²) in [6.45, 7) is 0. The highest BCUT2D eigenvalue weighted by atomic mass is 32.1. The van der Waals surface area contributed by atoms with Gasteiger partial charge in [0.1, 0.15) is 0 Å². The monoisotopic (exact) mass is 694 g/mol. The van der Waals surface area contributed by atoms with Crippen LogP contribution in [-0.4, -0.2) is 0 Å². The molecule has 0 unspecified atom stereocenters. The zero-order valence-electron chi connectivity index (χ0n) is 29.6. The van der Waals surface area contributed by atoms with Gasteiger partial charge in [0.15, 0.2) is 0 Å².